The number of rotatable bonds is 3. The van der Waals surface area contributed by atoms with Gasteiger partial charge in [-0.25, -0.2) is 0 Å². The predicted octanol–water partition coefficient (Wildman–Crippen LogP) is 1.16. The van der Waals surface area contributed by atoms with E-state index in [0.717, 1.165) is 43.4 Å². The van der Waals surface area contributed by atoms with Crippen molar-refractivity contribution in [3.05, 3.63) is 35.9 Å². The molecule has 0 radical (unpaired) electrons. The van der Waals surface area contributed by atoms with E-state index in [2.05, 4.69) is 22.2 Å². The van der Waals surface area contributed by atoms with Crippen LogP contribution in [0.25, 0.3) is 0 Å². The monoisotopic (exact) mass is 249 g/mol. The molecule has 17 heavy (non-hydrogen) atoms. The first-order chi connectivity index (χ1) is 8.25. The van der Waals surface area contributed by atoms with Crippen molar-refractivity contribution in [3.63, 3.8) is 0 Å². The van der Waals surface area contributed by atoms with Gasteiger partial charge in [-0.3, -0.25) is 4.90 Å². The summed E-state index contributed by atoms with van der Waals surface area (Å²) in [5.41, 5.74) is 1.09. The Labute approximate surface area is 108 Å². The Kier molecular flexibility index (Phi) is 4.48. The fraction of sp³-hybridized carbons (Fsp3) is 0.462. The predicted molar refractivity (Wildman–Crippen MR) is 75.2 cm³/mol. The van der Waals surface area contributed by atoms with Crippen molar-refractivity contribution in [3.8, 4) is 0 Å². The number of hydrogen-bond donors (Lipinski definition) is 1. The Morgan fingerprint density at radius 1 is 1.18 bits per heavy atom. The van der Waals surface area contributed by atoms with Gasteiger partial charge in [0.25, 0.3) is 0 Å². The molecule has 0 bridgehead atoms. The van der Waals surface area contributed by atoms with Crippen LogP contribution in [0, 0.1) is 0 Å². The maximum absolute atomic E-state index is 5.36. The van der Waals surface area contributed by atoms with Crippen molar-refractivity contribution in [2.75, 3.05) is 39.9 Å². The van der Waals surface area contributed by atoms with E-state index < -0.39 is 0 Å². The summed E-state index contributed by atoms with van der Waals surface area (Å²) < 4.78 is 0. The highest BCUT2D eigenvalue weighted by molar-refractivity contribution is 7.80. The first-order valence-electron chi connectivity index (χ1n) is 6.00. The minimum atomic E-state index is 0.838. The highest BCUT2D eigenvalue weighted by atomic mass is 32.1. The summed E-state index contributed by atoms with van der Waals surface area (Å²) in [6.45, 7) is 5.35. The molecular weight excluding hydrogens is 230 g/mol. The average molecular weight is 249 g/mol. The van der Waals surface area contributed by atoms with Gasteiger partial charge in [0.15, 0.2) is 0 Å². The first kappa shape index (κ1) is 12.5. The van der Waals surface area contributed by atoms with Gasteiger partial charge >= 0.3 is 0 Å². The van der Waals surface area contributed by atoms with Crippen LogP contribution in [0.4, 0.5) is 0 Å². The van der Waals surface area contributed by atoms with Gasteiger partial charge < -0.3 is 10.2 Å². The summed E-state index contributed by atoms with van der Waals surface area (Å²) in [5, 5.41) is 3.32. The first-order valence-corrected chi connectivity index (χ1v) is 6.40. The number of benzene rings is 1. The molecule has 0 saturated carbocycles. The highest BCUT2D eigenvalue weighted by Gasteiger charge is 2.13. The van der Waals surface area contributed by atoms with Gasteiger partial charge in [0, 0.05) is 31.7 Å². The van der Waals surface area contributed by atoms with Gasteiger partial charge in [0.05, 0.1) is 6.67 Å². The number of thiocarbonyl (C=S) groups is 1. The molecule has 2 rings (SSSR count). The van der Waals surface area contributed by atoms with Gasteiger partial charge in [-0.2, -0.15) is 0 Å². The topological polar surface area (TPSA) is 18.5 Å². The molecule has 1 aliphatic rings. The van der Waals surface area contributed by atoms with Gasteiger partial charge in [-0.05, 0) is 7.05 Å². The van der Waals surface area contributed by atoms with Crippen LogP contribution < -0.4 is 5.32 Å². The summed E-state index contributed by atoms with van der Waals surface area (Å²) >= 11 is 5.36. The quantitative estimate of drug-likeness (QED) is 0.810. The molecular formula is C13H19N3S. The van der Waals surface area contributed by atoms with Crippen LogP contribution >= 0.6 is 12.2 Å². The van der Waals surface area contributed by atoms with Crippen LogP contribution in [-0.2, 0) is 0 Å². The van der Waals surface area contributed by atoms with Crippen molar-refractivity contribution in [1.29, 1.82) is 0 Å². The molecule has 1 heterocycles. The van der Waals surface area contributed by atoms with E-state index in [1.165, 1.54) is 0 Å². The lowest BCUT2D eigenvalue weighted by Crippen LogP contribution is -2.48. The standard InChI is InChI=1S/C13H19N3S/c1-15-7-9-16(10-8-15)11-14-13(17)12-5-3-2-4-6-12/h2-6H,7-11H2,1H3,(H,14,17). The fourth-order valence-corrected chi connectivity index (χ4v) is 2.08. The summed E-state index contributed by atoms with van der Waals surface area (Å²) in [7, 11) is 2.17. The van der Waals surface area contributed by atoms with Crippen molar-refractivity contribution < 1.29 is 0 Å². The van der Waals surface area contributed by atoms with Crippen molar-refractivity contribution in [1.82, 2.24) is 15.1 Å². The molecule has 4 heteroatoms. The van der Waals surface area contributed by atoms with Crippen LogP contribution in [0.3, 0.4) is 0 Å². The molecule has 1 saturated heterocycles. The van der Waals surface area contributed by atoms with Gasteiger partial charge in [-0.15, -0.1) is 0 Å². The molecule has 1 aromatic rings. The Morgan fingerprint density at radius 2 is 1.82 bits per heavy atom. The highest BCUT2D eigenvalue weighted by Crippen LogP contribution is 2.01. The summed E-state index contributed by atoms with van der Waals surface area (Å²) in [6.07, 6.45) is 0. The third-order valence-corrected chi connectivity index (χ3v) is 3.48. The van der Waals surface area contributed by atoms with Gasteiger partial charge in [-0.1, -0.05) is 42.5 Å². The van der Waals surface area contributed by atoms with Crippen LogP contribution in [0.1, 0.15) is 5.56 Å². The van der Waals surface area contributed by atoms with E-state index in [0.29, 0.717) is 0 Å². The van der Waals surface area contributed by atoms with Crippen LogP contribution in [0.2, 0.25) is 0 Å². The fourth-order valence-electron chi connectivity index (χ4n) is 1.88. The second-order valence-corrected chi connectivity index (χ2v) is 4.86. The summed E-state index contributed by atoms with van der Waals surface area (Å²) in [5.74, 6) is 0. The number of likely N-dealkylation sites (N-methyl/N-ethyl adjacent to an activating group) is 1. The largest absolute Gasteiger partial charge is 0.363 e. The Hall–Kier alpha value is -0.970. The third kappa shape index (κ3) is 3.77. The summed E-state index contributed by atoms with van der Waals surface area (Å²) in [4.78, 5) is 5.59. The number of hydrogen-bond acceptors (Lipinski definition) is 3. The van der Waals surface area contributed by atoms with Crippen LogP contribution in [0.15, 0.2) is 30.3 Å². The van der Waals surface area contributed by atoms with Crippen molar-refractivity contribution >= 4 is 17.2 Å². The number of piperazine rings is 1. The van der Waals surface area contributed by atoms with E-state index >= 15 is 0 Å². The Balaban J connectivity index is 1.77. The van der Waals surface area contributed by atoms with E-state index in [1.54, 1.807) is 0 Å². The van der Waals surface area contributed by atoms with Gasteiger partial charge in [0.2, 0.25) is 0 Å². The second kappa shape index (κ2) is 6.10. The molecule has 1 aliphatic heterocycles. The maximum atomic E-state index is 5.36. The summed E-state index contributed by atoms with van der Waals surface area (Å²) in [6, 6.07) is 10.1. The molecule has 3 nitrogen and oxygen atoms in total. The van der Waals surface area contributed by atoms with Crippen molar-refractivity contribution in [2.24, 2.45) is 0 Å². The lowest BCUT2D eigenvalue weighted by molar-refractivity contribution is 0.152. The van der Waals surface area contributed by atoms with Gasteiger partial charge in [0.1, 0.15) is 4.99 Å². The molecule has 0 spiro atoms. The lowest BCUT2D eigenvalue weighted by Gasteiger charge is -2.32. The van der Waals surface area contributed by atoms with E-state index in [-0.39, 0.29) is 0 Å². The normalized spacial score (nSPS) is 17.9. The zero-order chi connectivity index (χ0) is 12.1. The molecule has 0 aliphatic carbocycles. The minimum Gasteiger partial charge on any atom is -0.363 e. The Morgan fingerprint density at radius 3 is 2.47 bits per heavy atom. The van der Waals surface area contributed by atoms with Crippen molar-refractivity contribution in [2.45, 2.75) is 0 Å². The molecule has 92 valence electrons. The lowest BCUT2D eigenvalue weighted by atomic mass is 10.2. The van der Waals surface area contributed by atoms with E-state index in [1.807, 2.05) is 30.3 Å². The third-order valence-electron chi connectivity index (χ3n) is 3.10. The van der Waals surface area contributed by atoms with Crippen LogP contribution in [-0.4, -0.2) is 54.7 Å². The Bertz CT molecular complexity index is 358. The average Bonchev–Trinajstić information content (AvgIpc) is 2.39. The number of nitrogens with one attached hydrogen (secondary N) is 1. The molecule has 1 N–H and O–H groups in total. The number of nitrogens with zero attached hydrogens (tertiary/aromatic N) is 2. The molecule has 1 fully saturated rings. The zero-order valence-electron chi connectivity index (χ0n) is 10.2. The minimum absolute atomic E-state index is 0.838. The smallest absolute Gasteiger partial charge is 0.107 e. The van der Waals surface area contributed by atoms with E-state index in [9.17, 15) is 0 Å². The SMILES string of the molecule is CN1CCN(CNC(=S)c2ccccc2)CC1. The second-order valence-electron chi connectivity index (χ2n) is 4.45. The molecule has 1 aromatic carbocycles. The maximum Gasteiger partial charge on any atom is 0.107 e. The molecule has 0 unspecified atom stereocenters. The van der Waals surface area contributed by atoms with E-state index in [4.69, 9.17) is 12.2 Å². The zero-order valence-corrected chi connectivity index (χ0v) is 11.0. The van der Waals surface area contributed by atoms with Crippen LogP contribution in [0.5, 0.6) is 0 Å². The molecule has 0 aromatic heterocycles. The molecule has 0 amide bonds. The molecule has 0 atom stereocenters.